The maximum Gasteiger partial charge on any atom is 0.234 e. The van der Waals surface area contributed by atoms with Crippen LogP contribution in [0.3, 0.4) is 0 Å². The molecule has 18 heavy (non-hydrogen) atoms. The van der Waals surface area contributed by atoms with Crippen molar-refractivity contribution in [2.75, 3.05) is 11.1 Å². The fourth-order valence-corrected chi connectivity index (χ4v) is 2.11. The number of benzene rings is 1. The molecule has 2 rings (SSSR count). The van der Waals surface area contributed by atoms with Gasteiger partial charge in [-0.25, -0.2) is 4.98 Å². The summed E-state index contributed by atoms with van der Waals surface area (Å²) in [6, 6.07) is 5.90. The number of H-pyrrole nitrogens is 1. The number of nitrogens with one attached hydrogen (secondary N) is 2. The first-order valence-corrected chi connectivity index (χ1v) is 6.63. The molecule has 0 unspecified atom stereocenters. The van der Waals surface area contributed by atoms with Crippen LogP contribution in [0.25, 0.3) is 0 Å². The van der Waals surface area contributed by atoms with Gasteiger partial charge in [-0.1, -0.05) is 17.8 Å². The molecule has 0 bridgehead atoms. The van der Waals surface area contributed by atoms with Crippen molar-refractivity contribution < 1.29 is 4.79 Å². The van der Waals surface area contributed by atoms with Gasteiger partial charge in [-0.2, -0.15) is 0 Å². The average Bonchev–Trinajstić information content (AvgIpc) is 2.84. The highest BCUT2D eigenvalue weighted by Crippen LogP contribution is 2.16. The smallest absolute Gasteiger partial charge is 0.234 e. The van der Waals surface area contributed by atoms with Crippen LogP contribution < -0.4 is 5.32 Å². The Labute approximate surface area is 110 Å². The maximum absolute atomic E-state index is 11.7. The lowest BCUT2D eigenvalue weighted by molar-refractivity contribution is -0.113. The quantitative estimate of drug-likeness (QED) is 0.832. The number of amides is 1. The molecule has 0 aliphatic rings. The Balaban J connectivity index is 1.88. The van der Waals surface area contributed by atoms with Gasteiger partial charge in [0.25, 0.3) is 0 Å². The van der Waals surface area contributed by atoms with Crippen molar-refractivity contribution in [3.05, 3.63) is 41.7 Å². The van der Waals surface area contributed by atoms with Gasteiger partial charge in [-0.3, -0.25) is 4.79 Å². The van der Waals surface area contributed by atoms with Gasteiger partial charge in [0, 0.05) is 18.1 Å². The largest absolute Gasteiger partial charge is 0.340 e. The molecule has 0 saturated heterocycles. The molecule has 94 valence electrons. The highest BCUT2D eigenvalue weighted by molar-refractivity contribution is 7.99. The van der Waals surface area contributed by atoms with Crippen LogP contribution in [0.5, 0.6) is 0 Å². The summed E-state index contributed by atoms with van der Waals surface area (Å²) in [4.78, 5) is 18.7. The van der Waals surface area contributed by atoms with Gasteiger partial charge in [0.2, 0.25) is 5.91 Å². The van der Waals surface area contributed by atoms with E-state index in [9.17, 15) is 4.79 Å². The van der Waals surface area contributed by atoms with E-state index in [4.69, 9.17) is 0 Å². The number of hydrogen-bond donors (Lipinski definition) is 2. The third kappa shape index (κ3) is 3.37. The summed E-state index contributed by atoms with van der Waals surface area (Å²) >= 11 is 1.38. The first-order chi connectivity index (χ1) is 8.65. The molecular weight excluding hydrogens is 246 g/mol. The molecule has 0 aliphatic carbocycles. The van der Waals surface area contributed by atoms with Crippen LogP contribution in [0.1, 0.15) is 11.1 Å². The Morgan fingerprint density at radius 3 is 2.89 bits per heavy atom. The summed E-state index contributed by atoms with van der Waals surface area (Å²) < 4.78 is 0. The predicted molar refractivity (Wildman–Crippen MR) is 73.9 cm³/mol. The number of carbonyl (C=O) groups is 1. The van der Waals surface area contributed by atoms with Crippen molar-refractivity contribution >= 4 is 23.4 Å². The first-order valence-electron chi connectivity index (χ1n) is 5.64. The molecule has 1 aromatic heterocycles. The SMILES string of the molecule is Cc1ccc(NC(=O)CSc2ncc[nH]2)cc1C. The number of aromatic nitrogens is 2. The fraction of sp³-hybridized carbons (Fsp3) is 0.231. The molecular formula is C13H15N3OS. The molecule has 0 fully saturated rings. The predicted octanol–water partition coefficient (Wildman–Crippen LogP) is 2.76. The summed E-state index contributed by atoms with van der Waals surface area (Å²) in [5, 5.41) is 3.63. The second-order valence-corrected chi connectivity index (χ2v) is 4.99. The third-order valence-corrected chi connectivity index (χ3v) is 3.51. The normalized spacial score (nSPS) is 10.3. The molecule has 0 radical (unpaired) electrons. The highest BCUT2D eigenvalue weighted by atomic mass is 32.2. The first kappa shape index (κ1) is 12.7. The average molecular weight is 261 g/mol. The molecule has 2 N–H and O–H groups in total. The Kier molecular flexibility index (Phi) is 4.04. The van der Waals surface area contributed by atoms with Crippen LogP contribution in [0.4, 0.5) is 5.69 Å². The van der Waals surface area contributed by atoms with Crippen molar-refractivity contribution in [3.8, 4) is 0 Å². The van der Waals surface area contributed by atoms with Gasteiger partial charge in [0.1, 0.15) is 0 Å². The van der Waals surface area contributed by atoms with E-state index >= 15 is 0 Å². The van der Waals surface area contributed by atoms with Crippen LogP contribution in [0.15, 0.2) is 35.7 Å². The second-order valence-electron chi connectivity index (χ2n) is 4.03. The van der Waals surface area contributed by atoms with E-state index in [0.29, 0.717) is 5.75 Å². The molecule has 0 spiro atoms. The number of anilines is 1. The lowest BCUT2D eigenvalue weighted by Crippen LogP contribution is -2.14. The maximum atomic E-state index is 11.7. The van der Waals surface area contributed by atoms with Gasteiger partial charge in [-0.05, 0) is 37.1 Å². The molecule has 2 aromatic rings. The van der Waals surface area contributed by atoms with E-state index in [1.807, 2.05) is 32.0 Å². The summed E-state index contributed by atoms with van der Waals surface area (Å²) in [5.41, 5.74) is 3.23. The fourth-order valence-electron chi connectivity index (χ4n) is 1.48. The lowest BCUT2D eigenvalue weighted by Gasteiger charge is -2.07. The Hall–Kier alpha value is -1.75. The van der Waals surface area contributed by atoms with Gasteiger partial charge in [0.05, 0.1) is 5.75 Å². The second kappa shape index (κ2) is 5.73. The van der Waals surface area contributed by atoms with Crippen molar-refractivity contribution in [2.45, 2.75) is 19.0 Å². The van der Waals surface area contributed by atoms with E-state index in [2.05, 4.69) is 15.3 Å². The molecule has 1 aromatic carbocycles. The topological polar surface area (TPSA) is 57.8 Å². The molecule has 0 aliphatic heterocycles. The summed E-state index contributed by atoms with van der Waals surface area (Å²) in [5.74, 6) is 0.320. The van der Waals surface area contributed by atoms with E-state index in [-0.39, 0.29) is 5.91 Å². The highest BCUT2D eigenvalue weighted by Gasteiger charge is 2.05. The van der Waals surface area contributed by atoms with Crippen LogP contribution in [0, 0.1) is 13.8 Å². The van der Waals surface area contributed by atoms with Crippen LogP contribution >= 0.6 is 11.8 Å². The zero-order valence-corrected chi connectivity index (χ0v) is 11.2. The number of carbonyl (C=O) groups excluding carboxylic acids is 1. The van der Waals surface area contributed by atoms with Crippen molar-refractivity contribution in [1.29, 1.82) is 0 Å². The number of thioether (sulfide) groups is 1. The van der Waals surface area contributed by atoms with Crippen LogP contribution in [0.2, 0.25) is 0 Å². The van der Waals surface area contributed by atoms with Crippen LogP contribution in [-0.4, -0.2) is 21.6 Å². The standard InChI is InChI=1S/C13H15N3OS/c1-9-3-4-11(7-10(9)2)16-12(17)8-18-13-14-5-6-15-13/h3-7H,8H2,1-2H3,(H,14,15)(H,16,17). The van der Waals surface area contributed by atoms with Gasteiger partial charge < -0.3 is 10.3 Å². The summed E-state index contributed by atoms with van der Waals surface area (Å²) in [7, 11) is 0. The number of aryl methyl sites for hydroxylation is 2. The molecule has 0 saturated carbocycles. The van der Waals surface area contributed by atoms with Crippen molar-refractivity contribution in [1.82, 2.24) is 9.97 Å². The van der Waals surface area contributed by atoms with Crippen molar-refractivity contribution in [3.63, 3.8) is 0 Å². The molecule has 1 heterocycles. The molecule has 0 atom stereocenters. The lowest BCUT2D eigenvalue weighted by atomic mass is 10.1. The minimum Gasteiger partial charge on any atom is -0.340 e. The van der Waals surface area contributed by atoms with Gasteiger partial charge in [0.15, 0.2) is 5.16 Å². The van der Waals surface area contributed by atoms with E-state index in [1.165, 1.54) is 22.9 Å². The number of rotatable bonds is 4. The Bertz CT molecular complexity index is 537. The zero-order valence-electron chi connectivity index (χ0n) is 10.4. The number of aromatic amines is 1. The summed E-state index contributed by atoms with van der Waals surface area (Å²) in [6.45, 7) is 4.08. The number of nitrogens with zero attached hydrogens (tertiary/aromatic N) is 1. The third-order valence-electron chi connectivity index (χ3n) is 2.60. The number of hydrogen-bond acceptors (Lipinski definition) is 3. The Morgan fingerprint density at radius 1 is 1.39 bits per heavy atom. The minimum absolute atomic E-state index is 0.0281. The van der Waals surface area contributed by atoms with E-state index < -0.39 is 0 Å². The zero-order chi connectivity index (χ0) is 13.0. The molecule has 4 nitrogen and oxygen atoms in total. The molecule has 5 heteroatoms. The molecule has 1 amide bonds. The monoisotopic (exact) mass is 261 g/mol. The van der Waals surface area contributed by atoms with Gasteiger partial charge >= 0.3 is 0 Å². The van der Waals surface area contributed by atoms with Gasteiger partial charge in [-0.15, -0.1) is 0 Å². The summed E-state index contributed by atoms with van der Waals surface area (Å²) in [6.07, 6.45) is 3.41. The Morgan fingerprint density at radius 2 is 2.22 bits per heavy atom. The minimum atomic E-state index is -0.0281. The van der Waals surface area contributed by atoms with E-state index in [0.717, 1.165) is 10.8 Å². The van der Waals surface area contributed by atoms with Crippen LogP contribution in [-0.2, 0) is 4.79 Å². The van der Waals surface area contributed by atoms with E-state index in [1.54, 1.807) is 12.4 Å². The van der Waals surface area contributed by atoms with Crippen molar-refractivity contribution in [2.24, 2.45) is 0 Å². The number of imidazole rings is 1.